The molecule has 0 amide bonds. The molecule has 1 aromatic rings. The van der Waals surface area contributed by atoms with Gasteiger partial charge in [0.15, 0.2) is 0 Å². The average Bonchev–Trinajstić information content (AvgIpc) is 2.90. The van der Waals surface area contributed by atoms with E-state index in [1.54, 1.807) is 0 Å². The quantitative estimate of drug-likeness (QED) is 0.903. The number of anilines is 1. The molecular weight excluding hydrogens is 264 g/mol. The predicted molar refractivity (Wildman–Crippen MR) is 70.5 cm³/mol. The second-order valence-electron chi connectivity index (χ2n) is 4.93. The lowest BCUT2D eigenvalue weighted by atomic mass is 10.1. The van der Waals surface area contributed by atoms with E-state index in [1.165, 1.54) is 37.1 Å². The molecule has 2 nitrogen and oxygen atoms in total. The lowest BCUT2D eigenvalue weighted by Crippen LogP contribution is -2.32. The highest BCUT2D eigenvalue weighted by atomic mass is 79.9. The molecule has 0 radical (unpaired) electrons. The Morgan fingerprint density at radius 1 is 1.38 bits per heavy atom. The molecule has 3 rings (SSSR count). The molecule has 2 fully saturated rings. The smallest absolute Gasteiger partial charge is 0.0425 e. The normalized spacial score (nSPS) is 27.8. The zero-order chi connectivity index (χ0) is 11.1. The largest absolute Gasteiger partial charge is 0.368 e. The number of benzene rings is 1. The van der Waals surface area contributed by atoms with Crippen molar-refractivity contribution in [3.05, 3.63) is 28.2 Å². The van der Waals surface area contributed by atoms with Gasteiger partial charge in [-0.2, -0.15) is 0 Å². The van der Waals surface area contributed by atoms with Gasteiger partial charge in [-0.05, 0) is 37.3 Å². The first-order chi connectivity index (χ1) is 7.79. The van der Waals surface area contributed by atoms with Crippen LogP contribution in [0.1, 0.15) is 24.8 Å². The molecule has 0 aromatic heterocycles. The molecule has 2 N–H and O–H groups in total. The van der Waals surface area contributed by atoms with Crippen molar-refractivity contribution in [2.45, 2.75) is 31.8 Å². The summed E-state index contributed by atoms with van der Waals surface area (Å²) in [6.07, 6.45) is 4.17. The highest BCUT2D eigenvalue weighted by Gasteiger charge is 2.38. The number of nitrogens with zero attached hydrogens (tertiary/aromatic N) is 1. The second-order valence-corrected chi connectivity index (χ2v) is 5.78. The van der Waals surface area contributed by atoms with Crippen LogP contribution >= 0.6 is 15.9 Å². The van der Waals surface area contributed by atoms with Crippen molar-refractivity contribution in [2.75, 3.05) is 11.4 Å². The van der Waals surface area contributed by atoms with E-state index in [0.717, 1.165) is 16.4 Å². The number of fused-ring (bicyclic) bond motifs is 2. The van der Waals surface area contributed by atoms with Crippen LogP contribution in [0.2, 0.25) is 0 Å². The molecule has 2 atom stereocenters. The summed E-state index contributed by atoms with van der Waals surface area (Å²) in [4.78, 5) is 2.57. The molecule has 0 spiro atoms. The molecule has 2 aliphatic rings. The van der Waals surface area contributed by atoms with Crippen LogP contribution < -0.4 is 10.6 Å². The van der Waals surface area contributed by atoms with Crippen molar-refractivity contribution in [1.82, 2.24) is 0 Å². The molecule has 1 saturated carbocycles. The lowest BCUT2D eigenvalue weighted by molar-refractivity contribution is 0.552. The fourth-order valence-electron chi connectivity index (χ4n) is 3.24. The molecular formula is C13H17BrN2. The first-order valence-electron chi connectivity index (χ1n) is 6.03. The minimum Gasteiger partial charge on any atom is -0.368 e. The Kier molecular flexibility index (Phi) is 2.68. The van der Waals surface area contributed by atoms with Crippen LogP contribution in [0.25, 0.3) is 0 Å². The van der Waals surface area contributed by atoms with E-state index < -0.39 is 0 Å². The van der Waals surface area contributed by atoms with E-state index in [2.05, 4.69) is 39.0 Å². The third kappa shape index (κ3) is 1.57. The summed E-state index contributed by atoms with van der Waals surface area (Å²) >= 11 is 3.60. The van der Waals surface area contributed by atoms with Gasteiger partial charge in [0.2, 0.25) is 0 Å². The second kappa shape index (κ2) is 4.04. The first-order valence-corrected chi connectivity index (χ1v) is 6.83. The molecule has 86 valence electrons. The number of nitrogens with two attached hydrogens (primary N) is 1. The summed E-state index contributed by atoms with van der Waals surface area (Å²) in [5.41, 5.74) is 8.47. The van der Waals surface area contributed by atoms with Crippen molar-refractivity contribution in [3.8, 4) is 0 Å². The van der Waals surface area contributed by atoms with E-state index in [0.29, 0.717) is 6.54 Å². The molecule has 1 heterocycles. The van der Waals surface area contributed by atoms with Crippen molar-refractivity contribution >= 4 is 21.6 Å². The van der Waals surface area contributed by atoms with Crippen molar-refractivity contribution < 1.29 is 0 Å². The van der Waals surface area contributed by atoms with Crippen LogP contribution in [-0.2, 0) is 6.54 Å². The molecule has 1 aliphatic carbocycles. The van der Waals surface area contributed by atoms with Crippen molar-refractivity contribution in [3.63, 3.8) is 0 Å². The monoisotopic (exact) mass is 280 g/mol. The molecule has 1 aliphatic heterocycles. The summed E-state index contributed by atoms with van der Waals surface area (Å²) in [5.74, 6) is 0.926. The van der Waals surface area contributed by atoms with Gasteiger partial charge in [0.05, 0.1) is 0 Å². The summed E-state index contributed by atoms with van der Waals surface area (Å²) < 4.78 is 1.15. The van der Waals surface area contributed by atoms with Gasteiger partial charge in [-0.25, -0.2) is 0 Å². The summed E-state index contributed by atoms with van der Waals surface area (Å²) in [7, 11) is 0. The average molecular weight is 281 g/mol. The molecule has 1 aromatic carbocycles. The maximum absolute atomic E-state index is 5.86. The van der Waals surface area contributed by atoms with Gasteiger partial charge in [-0.1, -0.05) is 22.0 Å². The number of rotatable bonds is 2. The van der Waals surface area contributed by atoms with Gasteiger partial charge in [-0.15, -0.1) is 0 Å². The van der Waals surface area contributed by atoms with E-state index in [9.17, 15) is 0 Å². The fourth-order valence-corrected chi connectivity index (χ4v) is 3.76. The standard InChI is InChI=1S/C13H17BrN2/c14-12-2-1-3-13(11(12)7-15)16-8-9-4-5-10(16)6-9/h1-3,9-10H,4-8,15H2. The van der Waals surface area contributed by atoms with Gasteiger partial charge < -0.3 is 10.6 Å². The van der Waals surface area contributed by atoms with E-state index in [4.69, 9.17) is 5.73 Å². The third-order valence-electron chi connectivity index (χ3n) is 4.02. The zero-order valence-corrected chi connectivity index (χ0v) is 10.9. The van der Waals surface area contributed by atoms with Crippen molar-refractivity contribution in [1.29, 1.82) is 0 Å². The minimum absolute atomic E-state index is 0.616. The van der Waals surface area contributed by atoms with Gasteiger partial charge in [0.25, 0.3) is 0 Å². The Morgan fingerprint density at radius 2 is 2.25 bits per heavy atom. The van der Waals surface area contributed by atoms with Gasteiger partial charge in [0, 0.05) is 34.9 Å². The number of hydrogen-bond acceptors (Lipinski definition) is 2. The van der Waals surface area contributed by atoms with E-state index in [-0.39, 0.29) is 0 Å². The summed E-state index contributed by atoms with van der Waals surface area (Å²) in [5, 5.41) is 0. The summed E-state index contributed by atoms with van der Waals surface area (Å²) in [6, 6.07) is 7.18. The Hall–Kier alpha value is -0.540. The Labute approximate surface area is 105 Å². The predicted octanol–water partition coefficient (Wildman–Crippen LogP) is 2.90. The van der Waals surface area contributed by atoms with Crippen LogP contribution in [-0.4, -0.2) is 12.6 Å². The fraction of sp³-hybridized carbons (Fsp3) is 0.538. The zero-order valence-electron chi connectivity index (χ0n) is 9.32. The molecule has 1 saturated heterocycles. The van der Waals surface area contributed by atoms with E-state index >= 15 is 0 Å². The molecule has 2 bridgehead atoms. The third-order valence-corrected chi connectivity index (χ3v) is 4.76. The number of piperidine rings is 1. The number of halogens is 1. The topological polar surface area (TPSA) is 29.3 Å². The molecule has 3 heteroatoms. The van der Waals surface area contributed by atoms with Crippen LogP contribution in [0.3, 0.4) is 0 Å². The highest BCUT2D eigenvalue weighted by molar-refractivity contribution is 9.10. The SMILES string of the molecule is NCc1c(Br)cccc1N1CC2CCC1C2. The van der Waals surface area contributed by atoms with Crippen LogP contribution in [0.15, 0.2) is 22.7 Å². The number of hydrogen-bond donors (Lipinski definition) is 1. The van der Waals surface area contributed by atoms with E-state index in [1.807, 2.05) is 0 Å². The van der Waals surface area contributed by atoms with Gasteiger partial charge in [0.1, 0.15) is 0 Å². The first kappa shape index (κ1) is 10.6. The minimum atomic E-state index is 0.616. The maximum atomic E-state index is 5.86. The van der Waals surface area contributed by atoms with Crippen LogP contribution in [0.4, 0.5) is 5.69 Å². The Morgan fingerprint density at radius 3 is 2.88 bits per heavy atom. The van der Waals surface area contributed by atoms with Gasteiger partial charge >= 0.3 is 0 Å². The van der Waals surface area contributed by atoms with Crippen molar-refractivity contribution in [2.24, 2.45) is 11.7 Å². The maximum Gasteiger partial charge on any atom is 0.0425 e. The lowest BCUT2D eigenvalue weighted by Gasteiger charge is -2.31. The van der Waals surface area contributed by atoms with Gasteiger partial charge in [-0.3, -0.25) is 0 Å². The van der Waals surface area contributed by atoms with Crippen LogP contribution in [0.5, 0.6) is 0 Å². The summed E-state index contributed by atoms with van der Waals surface area (Å²) in [6.45, 7) is 1.85. The van der Waals surface area contributed by atoms with Crippen LogP contribution in [0, 0.1) is 5.92 Å². The molecule has 16 heavy (non-hydrogen) atoms. The Bertz CT molecular complexity index is 405. The molecule has 2 unspecified atom stereocenters. The Balaban J connectivity index is 1.97. The highest BCUT2D eigenvalue weighted by Crippen LogP contribution is 2.42.